The van der Waals surface area contributed by atoms with E-state index in [0.29, 0.717) is 12.1 Å². The van der Waals surface area contributed by atoms with E-state index in [2.05, 4.69) is 10.3 Å². The van der Waals surface area contributed by atoms with Crippen molar-refractivity contribution in [3.8, 4) is 0 Å². The topological polar surface area (TPSA) is 62.2 Å². The molecule has 0 fully saturated rings. The Labute approximate surface area is 112 Å². The summed E-state index contributed by atoms with van der Waals surface area (Å²) in [7, 11) is 0. The van der Waals surface area contributed by atoms with E-state index >= 15 is 0 Å². The second kappa shape index (κ2) is 6.65. The van der Waals surface area contributed by atoms with Gasteiger partial charge in [0, 0.05) is 18.0 Å². The largest absolute Gasteiger partial charge is 0.478 e. The molecule has 0 aliphatic rings. The van der Waals surface area contributed by atoms with Crippen molar-refractivity contribution in [1.29, 1.82) is 0 Å². The zero-order chi connectivity index (χ0) is 14.5. The first-order chi connectivity index (χ1) is 8.81. The first kappa shape index (κ1) is 15.6. The molecule has 0 amide bonds. The van der Waals surface area contributed by atoms with Gasteiger partial charge in [0.15, 0.2) is 0 Å². The highest BCUT2D eigenvalue weighted by Crippen LogP contribution is 2.29. The molecule has 0 saturated carbocycles. The maximum Gasteiger partial charge on any atom is 0.441 e. The van der Waals surface area contributed by atoms with Gasteiger partial charge in [-0.2, -0.15) is 13.2 Å². The van der Waals surface area contributed by atoms with Crippen molar-refractivity contribution in [3.05, 3.63) is 23.4 Å². The first-order valence-electron chi connectivity index (χ1n) is 5.50. The quantitative estimate of drug-likeness (QED) is 0.790. The van der Waals surface area contributed by atoms with Gasteiger partial charge in [-0.25, -0.2) is 9.78 Å². The lowest BCUT2D eigenvalue weighted by molar-refractivity contribution is -0.0327. The van der Waals surface area contributed by atoms with Gasteiger partial charge < -0.3 is 10.4 Å². The Balaban J connectivity index is 2.62. The summed E-state index contributed by atoms with van der Waals surface area (Å²) in [5, 5.41) is 11.6. The highest BCUT2D eigenvalue weighted by Gasteiger charge is 2.27. The predicted octanol–water partition coefficient (Wildman–Crippen LogP) is 3.01. The minimum atomic E-state index is -4.26. The van der Waals surface area contributed by atoms with Crippen molar-refractivity contribution in [2.75, 3.05) is 17.6 Å². The zero-order valence-electron chi connectivity index (χ0n) is 10.1. The van der Waals surface area contributed by atoms with Crippen molar-refractivity contribution >= 4 is 23.5 Å². The molecule has 4 nitrogen and oxygen atoms in total. The number of halogens is 3. The summed E-state index contributed by atoms with van der Waals surface area (Å²) >= 11 is -0.133. The molecule has 1 aromatic heterocycles. The first-order valence-corrected chi connectivity index (χ1v) is 6.49. The van der Waals surface area contributed by atoms with E-state index in [1.165, 1.54) is 12.1 Å². The third kappa shape index (κ3) is 5.82. The Morgan fingerprint density at radius 3 is 2.68 bits per heavy atom. The molecule has 0 saturated heterocycles. The molecule has 106 valence electrons. The number of nitrogens with one attached hydrogen (secondary N) is 1. The maximum absolute atomic E-state index is 11.9. The van der Waals surface area contributed by atoms with Gasteiger partial charge in [0.25, 0.3) is 0 Å². The molecule has 0 atom stereocenters. The van der Waals surface area contributed by atoms with E-state index in [0.717, 1.165) is 0 Å². The molecule has 0 aliphatic carbocycles. The van der Waals surface area contributed by atoms with Crippen molar-refractivity contribution in [2.24, 2.45) is 0 Å². The van der Waals surface area contributed by atoms with E-state index in [9.17, 15) is 18.0 Å². The second-order valence-electron chi connectivity index (χ2n) is 3.61. The number of hydrogen-bond acceptors (Lipinski definition) is 4. The van der Waals surface area contributed by atoms with E-state index in [-0.39, 0.29) is 35.4 Å². The van der Waals surface area contributed by atoms with Crippen LogP contribution in [0.3, 0.4) is 0 Å². The van der Waals surface area contributed by atoms with Crippen molar-refractivity contribution in [1.82, 2.24) is 4.98 Å². The fourth-order valence-corrected chi connectivity index (χ4v) is 1.76. The fraction of sp³-hybridized carbons (Fsp3) is 0.455. The monoisotopic (exact) mass is 294 g/mol. The molecule has 8 heteroatoms. The van der Waals surface area contributed by atoms with Gasteiger partial charge in [-0.05, 0) is 30.3 Å². The van der Waals surface area contributed by atoms with Crippen LogP contribution in [0.15, 0.2) is 12.1 Å². The summed E-state index contributed by atoms with van der Waals surface area (Å²) in [4.78, 5) is 15.0. The van der Waals surface area contributed by atoms with Crippen LogP contribution >= 0.6 is 11.8 Å². The summed E-state index contributed by atoms with van der Waals surface area (Å²) in [5.74, 6) is -0.978. The summed E-state index contributed by atoms with van der Waals surface area (Å²) in [6, 6.07) is 2.75. The summed E-state index contributed by atoms with van der Waals surface area (Å²) in [5.41, 5.74) is -3.62. The number of nitrogens with zero attached hydrogens (tertiary/aromatic N) is 1. The number of carbonyl (C=O) groups is 1. The molecule has 0 spiro atoms. The van der Waals surface area contributed by atoms with E-state index < -0.39 is 11.5 Å². The number of carboxylic acids is 1. The Morgan fingerprint density at radius 2 is 2.16 bits per heavy atom. The van der Waals surface area contributed by atoms with Crippen molar-refractivity contribution < 1.29 is 23.1 Å². The normalized spacial score (nSPS) is 11.4. The summed E-state index contributed by atoms with van der Waals surface area (Å²) in [6.45, 7) is 1.88. The van der Waals surface area contributed by atoms with Gasteiger partial charge in [-0.15, -0.1) is 0 Å². The predicted molar refractivity (Wildman–Crippen MR) is 67.6 cm³/mol. The number of aromatic nitrogens is 1. The minimum absolute atomic E-state index is 0.0589. The third-order valence-electron chi connectivity index (χ3n) is 2.16. The zero-order valence-corrected chi connectivity index (χ0v) is 10.9. The average Bonchev–Trinajstić information content (AvgIpc) is 2.33. The molecule has 2 N–H and O–H groups in total. The van der Waals surface area contributed by atoms with Crippen LogP contribution in [0.4, 0.5) is 19.0 Å². The van der Waals surface area contributed by atoms with Crippen molar-refractivity contribution in [3.63, 3.8) is 0 Å². The van der Waals surface area contributed by atoms with Crippen LogP contribution in [-0.4, -0.2) is 33.9 Å². The number of carboxylic acid groups (broad SMARTS) is 1. The van der Waals surface area contributed by atoms with Crippen LogP contribution in [0.5, 0.6) is 0 Å². The SMILES string of the molecule is CCc1cc(C(=O)O)cc(NCCSC(F)(F)F)n1. The number of aryl methyl sites for hydroxylation is 1. The Morgan fingerprint density at radius 1 is 1.47 bits per heavy atom. The van der Waals surface area contributed by atoms with Gasteiger partial charge in [0.05, 0.1) is 5.56 Å². The molecule has 1 heterocycles. The molecule has 0 aliphatic heterocycles. The second-order valence-corrected chi connectivity index (χ2v) is 4.77. The number of rotatable bonds is 6. The van der Waals surface area contributed by atoms with Gasteiger partial charge in [0.1, 0.15) is 5.82 Å². The van der Waals surface area contributed by atoms with E-state index in [1.807, 2.05) is 6.92 Å². The number of alkyl halides is 3. The Hall–Kier alpha value is -1.44. The van der Waals surface area contributed by atoms with Gasteiger partial charge in [0.2, 0.25) is 0 Å². The van der Waals surface area contributed by atoms with Crippen molar-refractivity contribution in [2.45, 2.75) is 18.9 Å². The molecule has 0 aromatic carbocycles. The minimum Gasteiger partial charge on any atom is -0.478 e. The van der Waals surface area contributed by atoms with Gasteiger partial charge >= 0.3 is 11.5 Å². The molecule has 19 heavy (non-hydrogen) atoms. The number of pyridine rings is 1. The third-order valence-corrected chi connectivity index (χ3v) is 2.90. The van der Waals surface area contributed by atoms with Crippen LogP contribution in [0.2, 0.25) is 0 Å². The lowest BCUT2D eigenvalue weighted by Gasteiger charge is -2.09. The average molecular weight is 294 g/mol. The number of hydrogen-bond donors (Lipinski definition) is 2. The van der Waals surface area contributed by atoms with Crippen LogP contribution in [0, 0.1) is 0 Å². The van der Waals surface area contributed by atoms with Crippen LogP contribution in [0.1, 0.15) is 23.0 Å². The van der Waals surface area contributed by atoms with Gasteiger partial charge in [-0.1, -0.05) is 6.92 Å². The number of aromatic carboxylic acids is 1. The summed E-state index contributed by atoms with van der Waals surface area (Å²) in [6.07, 6.45) is 0.549. The molecule has 0 radical (unpaired) electrons. The Bertz CT molecular complexity index is 452. The molecule has 1 aromatic rings. The standard InChI is InChI=1S/C11H13F3N2O2S/c1-2-8-5-7(10(17)18)6-9(16-8)15-3-4-19-11(12,13)14/h5-6H,2-4H2,1H3,(H,15,16)(H,17,18). The Kier molecular flexibility index (Phi) is 5.46. The van der Waals surface area contributed by atoms with Crippen LogP contribution in [-0.2, 0) is 6.42 Å². The van der Waals surface area contributed by atoms with Crippen LogP contribution < -0.4 is 5.32 Å². The van der Waals surface area contributed by atoms with E-state index in [1.54, 1.807) is 0 Å². The number of anilines is 1. The van der Waals surface area contributed by atoms with E-state index in [4.69, 9.17) is 5.11 Å². The van der Waals surface area contributed by atoms with Gasteiger partial charge in [-0.3, -0.25) is 0 Å². The lowest BCUT2D eigenvalue weighted by Crippen LogP contribution is -2.11. The number of thioether (sulfide) groups is 1. The summed E-state index contributed by atoms with van der Waals surface area (Å²) < 4.78 is 35.7. The molecule has 1 rings (SSSR count). The highest BCUT2D eigenvalue weighted by atomic mass is 32.2. The molecular formula is C11H13F3N2O2S. The molecule has 0 bridgehead atoms. The molecule has 0 unspecified atom stereocenters. The fourth-order valence-electron chi connectivity index (χ4n) is 1.33. The molecular weight excluding hydrogens is 281 g/mol. The van der Waals surface area contributed by atoms with Crippen LogP contribution in [0.25, 0.3) is 0 Å². The lowest BCUT2D eigenvalue weighted by atomic mass is 10.2. The highest BCUT2D eigenvalue weighted by molar-refractivity contribution is 8.00. The smallest absolute Gasteiger partial charge is 0.441 e. The maximum atomic E-state index is 11.9.